The maximum atomic E-state index is 12.8. The number of thioether (sulfide) groups is 1. The van der Waals surface area contributed by atoms with E-state index in [1.807, 2.05) is 6.92 Å². The Labute approximate surface area is 191 Å². The van der Waals surface area contributed by atoms with Gasteiger partial charge in [-0.15, -0.1) is 0 Å². The van der Waals surface area contributed by atoms with Gasteiger partial charge in [0.1, 0.15) is 5.52 Å². The van der Waals surface area contributed by atoms with Gasteiger partial charge in [-0.1, -0.05) is 18.7 Å². The van der Waals surface area contributed by atoms with Crippen molar-refractivity contribution in [1.82, 2.24) is 9.29 Å². The first-order valence-electron chi connectivity index (χ1n) is 10.1. The largest absolute Gasteiger partial charge is 0.431 e. The van der Waals surface area contributed by atoms with E-state index in [9.17, 15) is 18.0 Å². The van der Waals surface area contributed by atoms with Gasteiger partial charge in [0.2, 0.25) is 15.9 Å². The Bertz CT molecular complexity index is 1230. The van der Waals surface area contributed by atoms with Crippen molar-refractivity contribution in [2.24, 2.45) is 0 Å². The van der Waals surface area contributed by atoms with Gasteiger partial charge in [0.15, 0.2) is 11.4 Å². The molecule has 0 aliphatic carbocycles. The normalized spacial score (nSPS) is 12.8. The Hall–Kier alpha value is -2.69. The molecule has 32 heavy (non-hydrogen) atoms. The molecule has 10 heteroatoms. The molecule has 1 aromatic heterocycles. The molecule has 0 spiro atoms. The van der Waals surface area contributed by atoms with Crippen LogP contribution in [0.4, 0.5) is 5.69 Å². The molecule has 0 radical (unpaired) electrons. The minimum atomic E-state index is -3.58. The zero-order valence-corrected chi connectivity index (χ0v) is 19.9. The van der Waals surface area contributed by atoms with Gasteiger partial charge >= 0.3 is 0 Å². The van der Waals surface area contributed by atoms with Crippen LogP contribution in [0, 0.1) is 0 Å². The molecule has 1 amide bonds. The molecule has 0 saturated heterocycles. The second-order valence-corrected chi connectivity index (χ2v) is 10.8. The number of aromatic nitrogens is 1. The van der Waals surface area contributed by atoms with Crippen LogP contribution in [0.15, 0.2) is 57.0 Å². The zero-order chi connectivity index (χ0) is 23.5. The van der Waals surface area contributed by atoms with E-state index < -0.39 is 15.3 Å². The van der Waals surface area contributed by atoms with E-state index in [0.717, 1.165) is 22.5 Å². The standard InChI is InChI=1S/C22H25N3O5S2/c1-5-6-20(26)23-16-9-7-15(8-10-16)21(27)14(2)31-22-24-18-13-17(11-12-19(18)30-22)32(28,29)25(3)4/h7-14H,5-6H2,1-4H3,(H,23,26). The van der Waals surface area contributed by atoms with Crippen molar-refractivity contribution in [1.29, 1.82) is 0 Å². The molecule has 3 rings (SSSR count). The van der Waals surface area contributed by atoms with Crippen LogP contribution in [0.2, 0.25) is 0 Å². The molecule has 8 nitrogen and oxygen atoms in total. The number of benzene rings is 2. The van der Waals surface area contributed by atoms with Crippen LogP contribution in [-0.2, 0) is 14.8 Å². The summed E-state index contributed by atoms with van der Waals surface area (Å²) in [5, 5.41) is 2.59. The maximum absolute atomic E-state index is 12.8. The lowest BCUT2D eigenvalue weighted by atomic mass is 10.1. The fourth-order valence-electron chi connectivity index (χ4n) is 2.92. The van der Waals surface area contributed by atoms with Crippen molar-refractivity contribution in [3.05, 3.63) is 48.0 Å². The number of nitrogens with one attached hydrogen (secondary N) is 1. The van der Waals surface area contributed by atoms with E-state index in [1.54, 1.807) is 37.3 Å². The third-order valence-electron chi connectivity index (χ3n) is 4.70. The lowest BCUT2D eigenvalue weighted by Gasteiger charge is -2.10. The van der Waals surface area contributed by atoms with Gasteiger partial charge in [0.25, 0.3) is 5.22 Å². The summed E-state index contributed by atoms with van der Waals surface area (Å²) in [5.41, 5.74) is 2.00. The molecule has 2 aromatic carbocycles. The number of anilines is 1. The first-order valence-corrected chi connectivity index (χ1v) is 12.4. The quantitative estimate of drug-likeness (QED) is 0.365. The minimum Gasteiger partial charge on any atom is -0.431 e. The van der Waals surface area contributed by atoms with Gasteiger partial charge in [-0.05, 0) is 55.8 Å². The smallest absolute Gasteiger partial charge is 0.257 e. The lowest BCUT2D eigenvalue weighted by Crippen LogP contribution is -2.22. The number of carbonyl (C=O) groups excluding carboxylic acids is 2. The van der Waals surface area contributed by atoms with E-state index in [4.69, 9.17) is 4.42 Å². The van der Waals surface area contributed by atoms with E-state index in [-0.39, 0.29) is 21.8 Å². The number of sulfonamides is 1. The van der Waals surface area contributed by atoms with Crippen LogP contribution in [0.5, 0.6) is 0 Å². The molecule has 1 heterocycles. The van der Waals surface area contributed by atoms with Gasteiger partial charge in [0.05, 0.1) is 10.1 Å². The Morgan fingerprint density at radius 1 is 1.16 bits per heavy atom. The second-order valence-electron chi connectivity index (χ2n) is 7.40. The summed E-state index contributed by atoms with van der Waals surface area (Å²) < 4.78 is 31.4. The Morgan fingerprint density at radius 3 is 2.47 bits per heavy atom. The summed E-state index contributed by atoms with van der Waals surface area (Å²) in [6.07, 6.45) is 1.21. The molecular formula is C22H25N3O5S2. The molecule has 3 aromatic rings. The molecule has 0 aliphatic rings. The summed E-state index contributed by atoms with van der Waals surface area (Å²) in [4.78, 5) is 29.0. The zero-order valence-electron chi connectivity index (χ0n) is 18.3. The highest BCUT2D eigenvalue weighted by Gasteiger charge is 2.22. The lowest BCUT2D eigenvalue weighted by molar-refractivity contribution is -0.116. The van der Waals surface area contributed by atoms with Crippen LogP contribution < -0.4 is 5.32 Å². The number of oxazole rings is 1. The van der Waals surface area contributed by atoms with Gasteiger partial charge in [-0.2, -0.15) is 0 Å². The second kappa shape index (κ2) is 9.85. The predicted molar refractivity (Wildman–Crippen MR) is 125 cm³/mol. The monoisotopic (exact) mass is 475 g/mol. The molecule has 0 bridgehead atoms. The summed E-state index contributed by atoms with van der Waals surface area (Å²) in [7, 11) is -0.660. The highest BCUT2D eigenvalue weighted by Crippen LogP contribution is 2.30. The molecule has 0 saturated carbocycles. The fraction of sp³-hybridized carbons (Fsp3) is 0.318. The van der Waals surface area contributed by atoms with E-state index in [0.29, 0.717) is 28.8 Å². The van der Waals surface area contributed by atoms with E-state index >= 15 is 0 Å². The molecule has 170 valence electrons. The average molecular weight is 476 g/mol. The predicted octanol–water partition coefficient (Wildman–Crippen LogP) is 4.18. The summed E-state index contributed by atoms with van der Waals surface area (Å²) in [6.45, 7) is 3.68. The number of nitrogens with zero attached hydrogens (tertiary/aromatic N) is 2. The van der Waals surface area contributed by atoms with Crippen molar-refractivity contribution in [3.8, 4) is 0 Å². The highest BCUT2D eigenvalue weighted by molar-refractivity contribution is 8.00. The van der Waals surface area contributed by atoms with Crippen molar-refractivity contribution in [2.45, 2.75) is 42.1 Å². The summed E-state index contributed by atoms with van der Waals surface area (Å²) in [6, 6.07) is 11.2. The number of ketones is 1. The highest BCUT2D eigenvalue weighted by atomic mass is 32.2. The number of carbonyl (C=O) groups is 2. The van der Waals surface area contributed by atoms with Crippen LogP contribution in [-0.4, -0.2) is 48.7 Å². The van der Waals surface area contributed by atoms with Crippen LogP contribution in [0.25, 0.3) is 11.1 Å². The molecule has 1 N–H and O–H groups in total. The van der Waals surface area contributed by atoms with Crippen LogP contribution in [0.1, 0.15) is 37.0 Å². The molecule has 1 unspecified atom stereocenters. The topological polar surface area (TPSA) is 110 Å². The molecular weight excluding hydrogens is 450 g/mol. The van der Waals surface area contributed by atoms with Crippen molar-refractivity contribution >= 4 is 50.3 Å². The Kier molecular flexibility index (Phi) is 7.37. The third kappa shape index (κ3) is 5.37. The van der Waals surface area contributed by atoms with Gasteiger partial charge in [-0.3, -0.25) is 9.59 Å². The van der Waals surface area contributed by atoms with E-state index in [1.165, 1.54) is 26.2 Å². The van der Waals surface area contributed by atoms with Crippen molar-refractivity contribution < 1.29 is 22.4 Å². The van der Waals surface area contributed by atoms with Gasteiger partial charge in [-0.25, -0.2) is 17.7 Å². The summed E-state index contributed by atoms with van der Waals surface area (Å²) >= 11 is 1.16. The minimum absolute atomic E-state index is 0.0620. The van der Waals surface area contributed by atoms with Crippen molar-refractivity contribution in [3.63, 3.8) is 0 Å². The number of amides is 1. The fourth-order valence-corrected chi connectivity index (χ4v) is 4.67. The summed E-state index contributed by atoms with van der Waals surface area (Å²) in [5.74, 6) is -0.174. The first kappa shape index (κ1) is 24.0. The van der Waals surface area contributed by atoms with Crippen LogP contribution >= 0.6 is 11.8 Å². The van der Waals surface area contributed by atoms with E-state index in [2.05, 4.69) is 10.3 Å². The number of hydrogen-bond donors (Lipinski definition) is 1. The van der Waals surface area contributed by atoms with Crippen molar-refractivity contribution in [2.75, 3.05) is 19.4 Å². The molecule has 0 fully saturated rings. The SMILES string of the molecule is CCCC(=O)Nc1ccc(C(=O)C(C)Sc2nc3cc(S(=O)(=O)N(C)C)ccc3o2)cc1. The third-order valence-corrected chi connectivity index (χ3v) is 7.45. The number of fused-ring (bicyclic) bond motifs is 1. The average Bonchev–Trinajstić information content (AvgIpc) is 3.15. The van der Waals surface area contributed by atoms with Gasteiger partial charge in [0, 0.05) is 31.8 Å². The number of Topliss-reactive ketones (excluding diaryl/α,β-unsaturated/α-hetero) is 1. The number of hydrogen-bond acceptors (Lipinski definition) is 7. The number of rotatable bonds is 9. The molecule has 0 aliphatic heterocycles. The first-order chi connectivity index (χ1) is 15.1. The van der Waals surface area contributed by atoms with Crippen LogP contribution in [0.3, 0.4) is 0 Å². The van der Waals surface area contributed by atoms with Gasteiger partial charge < -0.3 is 9.73 Å². The molecule has 1 atom stereocenters. The Balaban J connectivity index is 1.71. The Morgan fingerprint density at radius 2 is 1.84 bits per heavy atom. The maximum Gasteiger partial charge on any atom is 0.257 e.